The third kappa shape index (κ3) is 2.83. The van der Waals surface area contributed by atoms with Gasteiger partial charge in [0.15, 0.2) is 0 Å². The maximum atomic E-state index is 10.9. The summed E-state index contributed by atoms with van der Waals surface area (Å²) in [5.41, 5.74) is 1.03. The van der Waals surface area contributed by atoms with E-state index >= 15 is 0 Å². The second-order valence-electron chi connectivity index (χ2n) is 3.75. The second-order valence-corrected chi connectivity index (χ2v) is 3.75. The smallest absolute Gasteiger partial charge is 0.307 e. The molecule has 76 valence electrons. The Hall–Kier alpha value is -1.38. The summed E-state index contributed by atoms with van der Waals surface area (Å²) < 4.78 is 0. The Balaban J connectivity index is 2.70. The van der Waals surface area contributed by atoms with Gasteiger partial charge in [-0.05, 0) is 30.0 Å². The largest absolute Gasteiger partial charge is 0.481 e. The van der Waals surface area contributed by atoms with Gasteiger partial charge in [-0.1, -0.05) is 13.8 Å². The van der Waals surface area contributed by atoms with Crippen LogP contribution in [0, 0.1) is 11.8 Å². The van der Waals surface area contributed by atoms with Crippen LogP contribution < -0.4 is 0 Å². The van der Waals surface area contributed by atoms with Crippen LogP contribution in [0.5, 0.6) is 0 Å². The molecule has 0 spiro atoms. The molecule has 1 aromatic heterocycles. The molecule has 1 N–H and O–H groups in total. The van der Waals surface area contributed by atoms with Crippen molar-refractivity contribution in [3.8, 4) is 0 Å². The molecule has 0 aromatic carbocycles. The van der Waals surface area contributed by atoms with Crippen molar-refractivity contribution in [2.24, 2.45) is 11.8 Å². The van der Waals surface area contributed by atoms with Gasteiger partial charge in [-0.25, -0.2) is 0 Å². The number of rotatable bonds is 4. The number of pyridine rings is 1. The lowest BCUT2D eigenvalue weighted by molar-refractivity contribution is -0.143. The molecule has 1 rings (SSSR count). The molecule has 0 aliphatic rings. The second kappa shape index (κ2) is 4.74. The van der Waals surface area contributed by atoms with Crippen molar-refractivity contribution in [3.63, 3.8) is 0 Å². The van der Waals surface area contributed by atoms with Crippen molar-refractivity contribution in [1.82, 2.24) is 4.98 Å². The van der Waals surface area contributed by atoms with Crippen LogP contribution in [0.15, 0.2) is 24.5 Å². The Morgan fingerprint density at radius 2 is 2.00 bits per heavy atom. The highest BCUT2D eigenvalue weighted by Crippen LogP contribution is 2.16. The lowest BCUT2D eigenvalue weighted by Crippen LogP contribution is -2.22. The molecule has 0 fully saturated rings. The number of nitrogens with zero attached hydrogens (tertiary/aromatic N) is 1. The highest BCUT2D eigenvalue weighted by molar-refractivity contribution is 5.70. The normalized spacial score (nSPS) is 12.8. The average molecular weight is 193 g/mol. The maximum absolute atomic E-state index is 10.9. The van der Waals surface area contributed by atoms with E-state index in [0.717, 1.165) is 5.56 Å². The minimum absolute atomic E-state index is 0.153. The highest BCUT2D eigenvalue weighted by atomic mass is 16.4. The maximum Gasteiger partial charge on any atom is 0.307 e. The van der Waals surface area contributed by atoms with Crippen molar-refractivity contribution >= 4 is 5.97 Å². The number of hydrogen-bond acceptors (Lipinski definition) is 2. The van der Waals surface area contributed by atoms with Crippen LogP contribution in [0.1, 0.15) is 19.4 Å². The van der Waals surface area contributed by atoms with Crippen molar-refractivity contribution < 1.29 is 9.90 Å². The SMILES string of the molecule is CC(C)C(Cc1ccncc1)C(=O)O. The standard InChI is InChI=1S/C11H15NO2/c1-8(2)10(11(13)14)7-9-3-5-12-6-4-9/h3-6,8,10H,7H2,1-2H3,(H,13,14). The zero-order chi connectivity index (χ0) is 10.6. The van der Waals surface area contributed by atoms with Gasteiger partial charge in [0.1, 0.15) is 0 Å². The van der Waals surface area contributed by atoms with Gasteiger partial charge in [-0.2, -0.15) is 0 Å². The average Bonchev–Trinajstić information content (AvgIpc) is 2.15. The molecule has 14 heavy (non-hydrogen) atoms. The fraction of sp³-hybridized carbons (Fsp3) is 0.455. The number of aromatic nitrogens is 1. The third-order valence-electron chi connectivity index (χ3n) is 2.33. The molecule has 0 saturated carbocycles. The Morgan fingerprint density at radius 1 is 1.43 bits per heavy atom. The summed E-state index contributed by atoms with van der Waals surface area (Å²) in [6, 6.07) is 3.72. The van der Waals surface area contributed by atoms with E-state index < -0.39 is 5.97 Å². The van der Waals surface area contributed by atoms with Gasteiger partial charge in [0.05, 0.1) is 5.92 Å². The third-order valence-corrected chi connectivity index (χ3v) is 2.33. The number of carboxylic acids is 1. The number of aliphatic carboxylic acids is 1. The zero-order valence-corrected chi connectivity index (χ0v) is 8.47. The van der Waals surface area contributed by atoms with Gasteiger partial charge in [0, 0.05) is 12.4 Å². The molecule has 0 bridgehead atoms. The number of carbonyl (C=O) groups is 1. The van der Waals surface area contributed by atoms with Gasteiger partial charge < -0.3 is 5.11 Å². The first-order valence-electron chi connectivity index (χ1n) is 4.73. The molecule has 1 aromatic rings. The quantitative estimate of drug-likeness (QED) is 0.795. The Kier molecular flexibility index (Phi) is 3.63. The van der Waals surface area contributed by atoms with Crippen molar-refractivity contribution in [2.75, 3.05) is 0 Å². The predicted molar refractivity (Wildman–Crippen MR) is 53.9 cm³/mol. The minimum atomic E-state index is -0.725. The highest BCUT2D eigenvalue weighted by Gasteiger charge is 2.21. The number of carboxylic acid groups (broad SMARTS) is 1. The summed E-state index contributed by atoms with van der Waals surface area (Å²) in [5, 5.41) is 8.99. The van der Waals surface area contributed by atoms with E-state index in [4.69, 9.17) is 5.11 Å². The molecule has 0 amide bonds. The molecule has 0 aliphatic carbocycles. The molecule has 0 saturated heterocycles. The van der Waals surface area contributed by atoms with Crippen molar-refractivity contribution in [3.05, 3.63) is 30.1 Å². The lowest BCUT2D eigenvalue weighted by atomic mass is 9.90. The molecule has 1 unspecified atom stereocenters. The van der Waals surface area contributed by atoms with E-state index in [-0.39, 0.29) is 11.8 Å². The van der Waals surface area contributed by atoms with Gasteiger partial charge in [0.2, 0.25) is 0 Å². The van der Waals surface area contributed by atoms with Crippen molar-refractivity contribution in [2.45, 2.75) is 20.3 Å². The van der Waals surface area contributed by atoms with Crippen LogP contribution in [0.4, 0.5) is 0 Å². The molecule has 0 radical (unpaired) electrons. The summed E-state index contributed by atoms with van der Waals surface area (Å²) in [6.07, 6.45) is 3.96. The molecule has 1 heterocycles. The zero-order valence-electron chi connectivity index (χ0n) is 8.47. The molecular weight excluding hydrogens is 178 g/mol. The monoisotopic (exact) mass is 193 g/mol. The topological polar surface area (TPSA) is 50.2 Å². The molecule has 3 nitrogen and oxygen atoms in total. The van der Waals surface area contributed by atoms with E-state index in [0.29, 0.717) is 6.42 Å². The summed E-state index contributed by atoms with van der Waals surface area (Å²) in [7, 11) is 0. The summed E-state index contributed by atoms with van der Waals surface area (Å²) in [6.45, 7) is 3.86. The van der Waals surface area contributed by atoms with Crippen LogP contribution >= 0.6 is 0 Å². The van der Waals surface area contributed by atoms with Gasteiger partial charge in [0.25, 0.3) is 0 Å². The van der Waals surface area contributed by atoms with E-state index in [1.54, 1.807) is 12.4 Å². The molecule has 1 atom stereocenters. The van der Waals surface area contributed by atoms with Gasteiger partial charge >= 0.3 is 5.97 Å². The van der Waals surface area contributed by atoms with Crippen LogP contribution in [-0.4, -0.2) is 16.1 Å². The lowest BCUT2D eigenvalue weighted by Gasteiger charge is -2.15. The van der Waals surface area contributed by atoms with Crippen LogP contribution in [0.3, 0.4) is 0 Å². The van der Waals surface area contributed by atoms with Crippen LogP contribution in [-0.2, 0) is 11.2 Å². The summed E-state index contributed by atoms with van der Waals surface area (Å²) in [4.78, 5) is 14.8. The Labute approximate surface area is 83.8 Å². The fourth-order valence-corrected chi connectivity index (χ4v) is 1.38. The van der Waals surface area contributed by atoms with Gasteiger partial charge in [-0.3, -0.25) is 9.78 Å². The van der Waals surface area contributed by atoms with Crippen LogP contribution in [0.2, 0.25) is 0 Å². The van der Waals surface area contributed by atoms with Crippen molar-refractivity contribution in [1.29, 1.82) is 0 Å². The fourth-order valence-electron chi connectivity index (χ4n) is 1.38. The summed E-state index contributed by atoms with van der Waals surface area (Å²) >= 11 is 0. The van der Waals surface area contributed by atoms with Gasteiger partial charge in [-0.15, -0.1) is 0 Å². The van der Waals surface area contributed by atoms with E-state index in [1.807, 2.05) is 26.0 Å². The molecular formula is C11H15NO2. The first-order valence-corrected chi connectivity index (χ1v) is 4.73. The first kappa shape index (κ1) is 10.7. The number of hydrogen-bond donors (Lipinski definition) is 1. The molecule has 3 heteroatoms. The van der Waals surface area contributed by atoms with E-state index in [1.165, 1.54) is 0 Å². The summed E-state index contributed by atoms with van der Waals surface area (Å²) in [5.74, 6) is -0.880. The Bertz CT molecular complexity index is 295. The predicted octanol–water partition coefficient (Wildman–Crippen LogP) is 1.98. The minimum Gasteiger partial charge on any atom is -0.481 e. The Morgan fingerprint density at radius 3 is 2.43 bits per heavy atom. The molecule has 0 aliphatic heterocycles. The van der Waals surface area contributed by atoms with Crippen LogP contribution in [0.25, 0.3) is 0 Å². The van der Waals surface area contributed by atoms with E-state index in [2.05, 4.69) is 4.98 Å². The van der Waals surface area contributed by atoms with E-state index in [9.17, 15) is 4.79 Å². The first-order chi connectivity index (χ1) is 6.61.